The van der Waals surface area contributed by atoms with Gasteiger partial charge in [-0.15, -0.1) is 5.10 Å². The Bertz CT molecular complexity index is 570. The van der Waals surface area contributed by atoms with Crippen molar-refractivity contribution in [2.24, 2.45) is 5.73 Å². The van der Waals surface area contributed by atoms with E-state index in [4.69, 9.17) is 10.8 Å². The molecule has 1 aliphatic rings. The zero-order valence-corrected chi connectivity index (χ0v) is 13.4. The van der Waals surface area contributed by atoms with Crippen molar-refractivity contribution in [2.75, 3.05) is 0 Å². The zero-order chi connectivity index (χ0) is 14.7. The minimum atomic E-state index is -0.0431. The van der Waals surface area contributed by atoms with Crippen LogP contribution in [0.15, 0.2) is 12.3 Å². The van der Waals surface area contributed by atoms with Crippen molar-refractivity contribution in [3.05, 3.63) is 28.5 Å². The van der Waals surface area contributed by atoms with E-state index in [1.165, 1.54) is 37.2 Å². The van der Waals surface area contributed by atoms with E-state index in [-0.39, 0.29) is 6.04 Å². The SMILES string of the molecule is CCCc1nnsc1C(N)Cc1ccn(C2CCCC2)n1. The molecule has 1 unspecified atom stereocenters. The number of hydrogen-bond donors (Lipinski definition) is 1. The molecule has 0 aliphatic heterocycles. The Hall–Kier alpha value is -1.27. The molecule has 2 aromatic heterocycles. The molecule has 0 radical (unpaired) electrons. The van der Waals surface area contributed by atoms with E-state index in [9.17, 15) is 0 Å². The van der Waals surface area contributed by atoms with Crippen LogP contribution in [0.1, 0.15) is 67.4 Å². The van der Waals surface area contributed by atoms with E-state index in [0.717, 1.165) is 35.5 Å². The van der Waals surface area contributed by atoms with Gasteiger partial charge in [-0.05, 0) is 36.9 Å². The first kappa shape index (κ1) is 14.7. The molecule has 5 nitrogen and oxygen atoms in total. The highest BCUT2D eigenvalue weighted by molar-refractivity contribution is 7.05. The summed E-state index contributed by atoms with van der Waals surface area (Å²) in [5.74, 6) is 0. The van der Waals surface area contributed by atoms with Crippen molar-refractivity contribution < 1.29 is 0 Å². The van der Waals surface area contributed by atoms with Gasteiger partial charge in [0.2, 0.25) is 0 Å². The fraction of sp³-hybridized carbons (Fsp3) is 0.667. The fourth-order valence-electron chi connectivity index (χ4n) is 3.08. The quantitative estimate of drug-likeness (QED) is 0.890. The molecule has 0 amide bonds. The highest BCUT2D eigenvalue weighted by atomic mass is 32.1. The average molecular weight is 305 g/mol. The lowest BCUT2D eigenvalue weighted by molar-refractivity contribution is 0.461. The van der Waals surface area contributed by atoms with E-state index >= 15 is 0 Å². The van der Waals surface area contributed by atoms with E-state index in [0.29, 0.717) is 6.04 Å². The topological polar surface area (TPSA) is 69.6 Å². The van der Waals surface area contributed by atoms with Gasteiger partial charge in [-0.3, -0.25) is 4.68 Å². The van der Waals surface area contributed by atoms with Crippen LogP contribution < -0.4 is 5.73 Å². The van der Waals surface area contributed by atoms with Gasteiger partial charge in [0, 0.05) is 18.7 Å². The van der Waals surface area contributed by atoms with Gasteiger partial charge in [-0.2, -0.15) is 5.10 Å². The Morgan fingerprint density at radius 2 is 2.24 bits per heavy atom. The lowest BCUT2D eigenvalue weighted by Gasteiger charge is -2.10. The molecule has 2 heterocycles. The van der Waals surface area contributed by atoms with Crippen LogP contribution in [0.25, 0.3) is 0 Å². The van der Waals surface area contributed by atoms with Crippen molar-refractivity contribution in [3.63, 3.8) is 0 Å². The van der Waals surface area contributed by atoms with Gasteiger partial charge >= 0.3 is 0 Å². The highest BCUT2D eigenvalue weighted by Gasteiger charge is 2.20. The molecule has 1 aliphatic carbocycles. The molecule has 6 heteroatoms. The Labute approximate surface area is 129 Å². The molecule has 0 aromatic carbocycles. The van der Waals surface area contributed by atoms with E-state index in [1.54, 1.807) is 0 Å². The van der Waals surface area contributed by atoms with Crippen LogP contribution in [-0.2, 0) is 12.8 Å². The number of aromatic nitrogens is 4. The Balaban J connectivity index is 1.66. The minimum absolute atomic E-state index is 0.0431. The normalized spacial score (nSPS) is 17.4. The summed E-state index contributed by atoms with van der Waals surface area (Å²) in [6.45, 7) is 2.15. The number of aryl methyl sites for hydroxylation is 1. The molecular formula is C15H23N5S. The zero-order valence-electron chi connectivity index (χ0n) is 12.5. The average Bonchev–Trinajstić information content (AvgIpc) is 3.20. The summed E-state index contributed by atoms with van der Waals surface area (Å²) < 4.78 is 6.19. The van der Waals surface area contributed by atoms with Gasteiger partial charge in [0.15, 0.2) is 0 Å². The van der Waals surface area contributed by atoms with Gasteiger partial charge in [-0.25, -0.2) is 0 Å². The third-order valence-electron chi connectivity index (χ3n) is 4.20. The summed E-state index contributed by atoms with van der Waals surface area (Å²) in [5.41, 5.74) is 8.48. The first-order chi connectivity index (χ1) is 10.3. The molecule has 3 rings (SSSR count). The highest BCUT2D eigenvalue weighted by Crippen LogP contribution is 2.29. The number of hydrogen-bond acceptors (Lipinski definition) is 5. The van der Waals surface area contributed by atoms with Crippen LogP contribution in [0.5, 0.6) is 0 Å². The molecule has 1 saturated carbocycles. The Morgan fingerprint density at radius 3 is 3.00 bits per heavy atom. The molecular weight excluding hydrogens is 282 g/mol. The van der Waals surface area contributed by atoms with Gasteiger partial charge in [-0.1, -0.05) is 30.7 Å². The van der Waals surface area contributed by atoms with Gasteiger partial charge < -0.3 is 5.73 Å². The summed E-state index contributed by atoms with van der Waals surface area (Å²) in [4.78, 5) is 1.12. The summed E-state index contributed by atoms with van der Waals surface area (Å²) in [6.07, 6.45) is 10.1. The van der Waals surface area contributed by atoms with Crippen LogP contribution in [0.3, 0.4) is 0 Å². The first-order valence-corrected chi connectivity index (χ1v) is 8.66. The van der Waals surface area contributed by atoms with E-state index < -0.39 is 0 Å². The molecule has 1 atom stereocenters. The van der Waals surface area contributed by atoms with Crippen LogP contribution in [-0.4, -0.2) is 19.4 Å². The summed E-state index contributed by atoms with van der Waals surface area (Å²) >= 11 is 1.43. The maximum absolute atomic E-state index is 6.35. The molecule has 0 bridgehead atoms. The predicted molar refractivity (Wildman–Crippen MR) is 84.3 cm³/mol. The van der Waals surface area contributed by atoms with Crippen molar-refractivity contribution in [2.45, 2.75) is 64.0 Å². The molecule has 114 valence electrons. The molecule has 1 fully saturated rings. The monoisotopic (exact) mass is 305 g/mol. The van der Waals surface area contributed by atoms with Gasteiger partial charge in [0.25, 0.3) is 0 Å². The van der Waals surface area contributed by atoms with Crippen molar-refractivity contribution in [1.82, 2.24) is 19.4 Å². The second kappa shape index (κ2) is 6.66. The second-order valence-electron chi connectivity index (χ2n) is 5.87. The minimum Gasteiger partial charge on any atom is -0.323 e. The smallest absolute Gasteiger partial charge is 0.0803 e. The third-order valence-corrected chi connectivity index (χ3v) is 5.10. The first-order valence-electron chi connectivity index (χ1n) is 7.88. The van der Waals surface area contributed by atoms with E-state index in [1.807, 2.05) is 0 Å². The molecule has 2 aromatic rings. The van der Waals surface area contributed by atoms with Crippen LogP contribution in [0.2, 0.25) is 0 Å². The van der Waals surface area contributed by atoms with Crippen LogP contribution in [0.4, 0.5) is 0 Å². The summed E-state index contributed by atoms with van der Waals surface area (Å²) in [7, 11) is 0. The molecule has 0 saturated heterocycles. The van der Waals surface area contributed by atoms with Crippen LogP contribution in [0, 0.1) is 0 Å². The predicted octanol–water partition coefficient (Wildman–Crippen LogP) is 3.04. The second-order valence-corrected chi connectivity index (χ2v) is 6.66. The Kier molecular flexibility index (Phi) is 4.65. The summed E-state index contributed by atoms with van der Waals surface area (Å²) in [6, 6.07) is 2.65. The van der Waals surface area contributed by atoms with Gasteiger partial charge in [0.05, 0.1) is 22.3 Å². The maximum atomic E-state index is 6.35. The largest absolute Gasteiger partial charge is 0.323 e. The maximum Gasteiger partial charge on any atom is 0.0803 e. The number of nitrogens with zero attached hydrogens (tertiary/aromatic N) is 4. The molecule has 0 spiro atoms. The fourth-order valence-corrected chi connectivity index (χ4v) is 3.78. The van der Waals surface area contributed by atoms with Gasteiger partial charge in [0.1, 0.15) is 0 Å². The van der Waals surface area contributed by atoms with Crippen molar-refractivity contribution in [3.8, 4) is 0 Å². The van der Waals surface area contributed by atoms with E-state index in [2.05, 4.69) is 33.5 Å². The number of nitrogens with two attached hydrogens (primary N) is 1. The Morgan fingerprint density at radius 1 is 1.43 bits per heavy atom. The van der Waals surface area contributed by atoms with Crippen molar-refractivity contribution >= 4 is 11.5 Å². The van der Waals surface area contributed by atoms with Crippen molar-refractivity contribution in [1.29, 1.82) is 0 Å². The molecule has 2 N–H and O–H groups in total. The molecule has 21 heavy (non-hydrogen) atoms. The standard InChI is InChI=1S/C15H23N5S/c1-2-5-14-15(21-19-17-14)13(16)10-11-8-9-20(18-11)12-6-3-4-7-12/h8-9,12-13H,2-7,10,16H2,1H3. The summed E-state index contributed by atoms with van der Waals surface area (Å²) in [5, 5.41) is 8.92. The lowest BCUT2D eigenvalue weighted by Crippen LogP contribution is -2.15. The number of rotatable bonds is 6. The third kappa shape index (κ3) is 3.32. The van der Waals surface area contributed by atoms with Crippen LogP contribution >= 0.6 is 11.5 Å². The lowest BCUT2D eigenvalue weighted by atomic mass is 10.1.